The fourth-order valence-electron chi connectivity index (χ4n) is 5.40. The molecule has 0 radical (unpaired) electrons. The molecule has 1 aromatic carbocycles. The third kappa shape index (κ3) is 3.58. The van der Waals surface area contributed by atoms with E-state index >= 15 is 0 Å². The first kappa shape index (κ1) is 20.9. The Bertz CT molecular complexity index is 1190. The van der Waals surface area contributed by atoms with Crippen molar-refractivity contribution in [1.29, 1.82) is 0 Å². The summed E-state index contributed by atoms with van der Waals surface area (Å²) in [6.45, 7) is 3.87. The molecule has 0 bridgehead atoms. The SMILES string of the molecule is CC1(C)O[C@@H]2[C@H](O1)[C@@H](C=Cc1ccccc1)O[C@H]2n1cnc2c(C3(N)CCCC3)ncnc21. The number of ether oxygens (including phenoxy) is 3. The zero-order valence-electron chi connectivity index (χ0n) is 18.9. The molecule has 2 saturated heterocycles. The van der Waals surface area contributed by atoms with Gasteiger partial charge in [-0.25, -0.2) is 15.0 Å². The number of nitrogens with two attached hydrogens (primary N) is 1. The van der Waals surface area contributed by atoms with Crippen LogP contribution in [0.15, 0.2) is 49.1 Å². The lowest BCUT2D eigenvalue weighted by Crippen LogP contribution is -2.34. The van der Waals surface area contributed by atoms with Gasteiger partial charge < -0.3 is 19.9 Å². The zero-order valence-corrected chi connectivity index (χ0v) is 18.9. The second-order valence-electron chi connectivity index (χ2n) is 9.74. The minimum atomic E-state index is -0.697. The van der Waals surface area contributed by atoms with E-state index in [1.54, 1.807) is 12.7 Å². The molecule has 4 atom stereocenters. The quantitative estimate of drug-likeness (QED) is 0.651. The molecule has 33 heavy (non-hydrogen) atoms. The normalized spacial score (nSPS) is 30.4. The number of benzene rings is 1. The highest BCUT2D eigenvalue weighted by molar-refractivity contribution is 5.74. The van der Waals surface area contributed by atoms with Crippen LogP contribution in [0.4, 0.5) is 0 Å². The van der Waals surface area contributed by atoms with Gasteiger partial charge in [0.15, 0.2) is 17.7 Å². The maximum absolute atomic E-state index is 6.72. The highest BCUT2D eigenvalue weighted by Gasteiger charge is 2.55. The van der Waals surface area contributed by atoms with E-state index in [2.05, 4.69) is 33.2 Å². The Hall–Kier alpha value is -2.65. The summed E-state index contributed by atoms with van der Waals surface area (Å²) in [4.78, 5) is 13.8. The fourth-order valence-corrected chi connectivity index (χ4v) is 5.40. The van der Waals surface area contributed by atoms with Crippen LogP contribution in [0.3, 0.4) is 0 Å². The van der Waals surface area contributed by atoms with Gasteiger partial charge in [0.05, 0.1) is 17.6 Å². The molecule has 2 N–H and O–H groups in total. The molecule has 8 nitrogen and oxygen atoms in total. The monoisotopic (exact) mass is 447 g/mol. The van der Waals surface area contributed by atoms with Gasteiger partial charge in [0, 0.05) is 0 Å². The molecule has 6 rings (SSSR count). The van der Waals surface area contributed by atoms with Crippen LogP contribution in [0.5, 0.6) is 0 Å². The van der Waals surface area contributed by atoms with E-state index in [0.717, 1.165) is 42.5 Å². The Kier molecular flexibility index (Phi) is 4.88. The average molecular weight is 448 g/mol. The standard InChI is InChI=1S/C25H29N5O3/c1-24(2)32-19-17(11-10-16-8-4-3-5-9-16)31-23(20(19)33-24)30-15-29-18-21(27-14-28-22(18)30)25(26)12-6-7-13-25/h3-5,8-11,14-15,17,19-20,23H,6-7,12-13,26H2,1-2H3/t17-,19-,20-,23-/m1/s1. The van der Waals surface area contributed by atoms with Gasteiger partial charge >= 0.3 is 0 Å². The van der Waals surface area contributed by atoms with Crippen LogP contribution in [-0.2, 0) is 19.7 Å². The Morgan fingerprint density at radius 2 is 1.79 bits per heavy atom. The highest BCUT2D eigenvalue weighted by Crippen LogP contribution is 2.45. The molecule has 172 valence electrons. The van der Waals surface area contributed by atoms with Crippen molar-refractivity contribution < 1.29 is 14.2 Å². The smallest absolute Gasteiger partial charge is 0.166 e. The van der Waals surface area contributed by atoms with Crippen molar-refractivity contribution in [3.63, 3.8) is 0 Å². The molecule has 0 amide bonds. The molecule has 2 aromatic heterocycles. The minimum absolute atomic E-state index is 0.237. The van der Waals surface area contributed by atoms with Gasteiger partial charge in [0.25, 0.3) is 0 Å². The highest BCUT2D eigenvalue weighted by atomic mass is 16.8. The van der Waals surface area contributed by atoms with Crippen LogP contribution in [0, 0.1) is 0 Å². The first-order valence-electron chi connectivity index (χ1n) is 11.6. The molecular formula is C25H29N5O3. The van der Waals surface area contributed by atoms with E-state index in [4.69, 9.17) is 19.9 Å². The van der Waals surface area contributed by atoms with Gasteiger partial charge in [-0.2, -0.15) is 0 Å². The lowest BCUT2D eigenvalue weighted by atomic mass is 9.94. The molecule has 1 aliphatic carbocycles. The van der Waals surface area contributed by atoms with Crippen molar-refractivity contribution >= 4 is 17.2 Å². The van der Waals surface area contributed by atoms with Gasteiger partial charge in [-0.05, 0) is 32.3 Å². The van der Waals surface area contributed by atoms with Crippen molar-refractivity contribution in [1.82, 2.24) is 19.5 Å². The van der Waals surface area contributed by atoms with E-state index in [9.17, 15) is 0 Å². The summed E-state index contributed by atoms with van der Waals surface area (Å²) in [6, 6.07) is 10.2. The van der Waals surface area contributed by atoms with Crippen molar-refractivity contribution in [3.8, 4) is 0 Å². The second kappa shape index (κ2) is 7.70. The largest absolute Gasteiger partial charge is 0.345 e. The molecule has 3 fully saturated rings. The maximum Gasteiger partial charge on any atom is 0.166 e. The summed E-state index contributed by atoms with van der Waals surface area (Å²) in [5, 5.41) is 0. The van der Waals surface area contributed by atoms with Gasteiger partial charge in [-0.1, -0.05) is 55.3 Å². The number of hydrogen-bond donors (Lipinski definition) is 1. The summed E-state index contributed by atoms with van der Waals surface area (Å²) in [6.07, 6.45) is 10.3. The van der Waals surface area contributed by atoms with Crippen molar-refractivity contribution in [2.75, 3.05) is 0 Å². The third-order valence-electron chi connectivity index (χ3n) is 6.94. The molecular weight excluding hydrogens is 418 g/mol. The van der Waals surface area contributed by atoms with Crippen LogP contribution in [0.1, 0.15) is 57.0 Å². The minimum Gasteiger partial charge on any atom is -0.345 e. The van der Waals surface area contributed by atoms with E-state index in [1.165, 1.54) is 0 Å². The fraction of sp³-hybridized carbons (Fsp3) is 0.480. The summed E-state index contributed by atoms with van der Waals surface area (Å²) >= 11 is 0. The summed E-state index contributed by atoms with van der Waals surface area (Å²) < 4.78 is 21.0. The number of nitrogens with zero attached hydrogens (tertiary/aromatic N) is 4. The first-order chi connectivity index (χ1) is 15.9. The van der Waals surface area contributed by atoms with Gasteiger partial charge in [-0.3, -0.25) is 4.57 Å². The van der Waals surface area contributed by atoms with Crippen molar-refractivity contribution in [2.45, 2.75) is 75.4 Å². The first-order valence-corrected chi connectivity index (χ1v) is 11.6. The van der Waals surface area contributed by atoms with Gasteiger partial charge in [-0.15, -0.1) is 0 Å². The third-order valence-corrected chi connectivity index (χ3v) is 6.94. The molecule has 0 spiro atoms. The molecule has 3 aromatic rings. The Morgan fingerprint density at radius 1 is 1.03 bits per heavy atom. The number of hydrogen-bond acceptors (Lipinski definition) is 7. The number of fused-ring (bicyclic) bond motifs is 2. The zero-order chi connectivity index (χ0) is 22.6. The Balaban J connectivity index is 1.36. The maximum atomic E-state index is 6.72. The number of aromatic nitrogens is 4. The molecule has 4 heterocycles. The predicted molar refractivity (Wildman–Crippen MR) is 123 cm³/mol. The van der Waals surface area contributed by atoms with Gasteiger partial charge in [0.1, 0.15) is 30.2 Å². The second-order valence-corrected chi connectivity index (χ2v) is 9.74. The molecule has 3 aliphatic rings. The average Bonchev–Trinajstić information content (AvgIpc) is 3.56. The molecule has 0 unspecified atom stereocenters. The molecule has 8 heteroatoms. The van der Waals surface area contributed by atoms with E-state index in [-0.39, 0.29) is 18.3 Å². The van der Waals surface area contributed by atoms with Crippen LogP contribution < -0.4 is 5.73 Å². The Labute approximate surface area is 192 Å². The summed E-state index contributed by atoms with van der Waals surface area (Å²) in [7, 11) is 0. The topological polar surface area (TPSA) is 97.3 Å². The lowest BCUT2D eigenvalue weighted by Gasteiger charge is -2.24. The van der Waals surface area contributed by atoms with E-state index in [1.807, 2.05) is 42.7 Å². The van der Waals surface area contributed by atoms with Gasteiger partial charge in [0.2, 0.25) is 0 Å². The lowest BCUT2D eigenvalue weighted by molar-refractivity contribution is -0.191. The van der Waals surface area contributed by atoms with Crippen LogP contribution in [0.25, 0.3) is 17.2 Å². The van der Waals surface area contributed by atoms with E-state index in [0.29, 0.717) is 5.65 Å². The van der Waals surface area contributed by atoms with Crippen molar-refractivity contribution in [3.05, 3.63) is 60.3 Å². The van der Waals surface area contributed by atoms with Crippen LogP contribution >= 0.6 is 0 Å². The predicted octanol–water partition coefficient (Wildman–Crippen LogP) is 3.69. The van der Waals surface area contributed by atoms with Crippen molar-refractivity contribution in [2.24, 2.45) is 5.73 Å². The Morgan fingerprint density at radius 3 is 2.58 bits per heavy atom. The number of rotatable bonds is 4. The summed E-state index contributed by atoms with van der Waals surface area (Å²) in [5.74, 6) is -0.697. The van der Waals surface area contributed by atoms with Crippen LogP contribution in [0.2, 0.25) is 0 Å². The molecule has 1 saturated carbocycles. The number of imidazole rings is 1. The molecule has 2 aliphatic heterocycles. The summed E-state index contributed by atoms with van der Waals surface area (Å²) in [5.41, 5.74) is 9.65. The van der Waals surface area contributed by atoms with Crippen LogP contribution in [-0.4, -0.2) is 43.6 Å². The van der Waals surface area contributed by atoms with E-state index < -0.39 is 17.6 Å².